The summed E-state index contributed by atoms with van der Waals surface area (Å²) in [6.07, 6.45) is 7.40. The Labute approximate surface area is 311 Å². The zero-order valence-corrected chi connectivity index (χ0v) is 32.6. The first-order chi connectivity index (χ1) is 23.4. The predicted molar refractivity (Wildman–Crippen MR) is 216 cm³/mol. The van der Waals surface area contributed by atoms with Crippen LogP contribution >= 0.6 is 0 Å². The lowest BCUT2D eigenvalue weighted by Crippen LogP contribution is -2.33. The van der Waals surface area contributed by atoms with Gasteiger partial charge in [-0.2, -0.15) is 0 Å². The molecule has 2 heterocycles. The summed E-state index contributed by atoms with van der Waals surface area (Å²) < 4.78 is 0. The smallest absolute Gasteiger partial charge is 0.222 e. The largest absolute Gasteiger partial charge is 0.342 e. The molecule has 0 radical (unpaired) electrons. The van der Waals surface area contributed by atoms with Crippen molar-refractivity contribution in [2.75, 3.05) is 26.2 Å². The number of allylic oxidation sites excluding steroid dienone is 2. The minimum absolute atomic E-state index is 0. The number of nitrogens with zero attached hydrogens (tertiary/aromatic N) is 2. The summed E-state index contributed by atoms with van der Waals surface area (Å²) in [5.41, 5.74) is 4.41. The standard InChI is InChI=1S/C19H27NO2.C17H23NO2.2C4H8.CH4/c1-19(2,16-9-5-3-6-10-16)15-17(21)12-14-20-13-8-4-7-11-18(20)22;1-17(2,14-7-4-3-5-8-14)13-15(19)10-12-18-11-6-9-16(18)20;2*1-4(2)3;/h3,5-6,9-10H,4,7-8,11-15H2,1-2H3;3-5,7-8H,6,9-13H2,1-2H3;2*1H2,2-3H3;1H4. The number of likely N-dealkylation sites (tertiary alicyclic amines) is 2. The quantitative estimate of drug-likeness (QED) is 0.206. The van der Waals surface area contributed by atoms with E-state index < -0.39 is 0 Å². The minimum Gasteiger partial charge on any atom is -0.342 e. The van der Waals surface area contributed by atoms with Crippen LogP contribution in [0.5, 0.6) is 0 Å². The van der Waals surface area contributed by atoms with Crippen LogP contribution in [-0.2, 0) is 30.0 Å². The summed E-state index contributed by atoms with van der Waals surface area (Å²) in [5, 5.41) is 0. The topological polar surface area (TPSA) is 74.8 Å². The normalized spacial score (nSPS) is 14.3. The molecule has 2 aromatic rings. The molecule has 0 aromatic heterocycles. The van der Waals surface area contributed by atoms with Gasteiger partial charge in [-0.05, 0) is 68.9 Å². The molecular weight excluding hydrogens is 633 g/mol. The van der Waals surface area contributed by atoms with Crippen molar-refractivity contribution in [1.29, 1.82) is 0 Å². The van der Waals surface area contributed by atoms with Crippen molar-refractivity contribution in [1.82, 2.24) is 9.80 Å². The molecule has 2 aliphatic rings. The molecule has 51 heavy (non-hydrogen) atoms. The highest BCUT2D eigenvalue weighted by Crippen LogP contribution is 2.28. The second-order valence-electron chi connectivity index (χ2n) is 15.5. The SMILES string of the molecule is C.C=C(C)C.C=C(C)C.CC(C)(CC(=O)CCN1CCCC1=O)c1ccccc1.CC(C)(CC(=O)CCN1CCCCCC1=O)c1ccccc1. The molecule has 0 saturated carbocycles. The monoisotopic (exact) mass is 703 g/mol. The van der Waals surface area contributed by atoms with E-state index in [0.29, 0.717) is 51.6 Å². The van der Waals surface area contributed by atoms with Gasteiger partial charge in [0.05, 0.1) is 0 Å². The number of rotatable bonds is 12. The highest BCUT2D eigenvalue weighted by atomic mass is 16.2. The maximum Gasteiger partial charge on any atom is 0.222 e. The molecule has 6 heteroatoms. The molecule has 2 saturated heterocycles. The zero-order chi connectivity index (χ0) is 37.7. The molecule has 0 bridgehead atoms. The maximum atomic E-state index is 12.3. The van der Waals surface area contributed by atoms with Gasteiger partial charge in [0.2, 0.25) is 11.8 Å². The molecule has 284 valence electrons. The van der Waals surface area contributed by atoms with Crippen molar-refractivity contribution in [3.05, 3.63) is 96.1 Å². The fourth-order valence-electron chi connectivity index (χ4n) is 5.88. The first-order valence-corrected chi connectivity index (χ1v) is 18.4. The number of carbonyl (C=O) groups is 4. The Morgan fingerprint density at radius 1 is 0.588 bits per heavy atom. The lowest BCUT2D eigenvalue weighted by molar-refractivity contribution is -0.131. The van der Waals surface area contributed by atoms with Crippen molar-refractivity contribution in [2.45, 2.75) is 138 Å². The van der Waals surface area contributed by atoms with E-state index in [2.05, 4.69) is 65.1 Å². The number of benzene rings is 2. The summed E-state index contributed by atoms with van der Waals surface area (Å²) >= 11 is 0. The van der Waals surface area contributed by atoms with Crippen molar-refractivity contribution in [3.8, 4) is 0 Å². The van der Waals surface area contributed by atoms with Crippen LogP contribution in [0.3, 0.4) is 0 Å². The number of ketones is 2. The van der Waals surface area contributed by atoms with Gasteiger partial charge in [0, 0.05) is 64.7 Å². The third-order valence-corrected chi connectivity index (χ3v) is 8.55. The summed E-state index contributed by atoms with van der Waals surface area (Å²) in [7, 11) is 0. The van der Waals surface area contributed by atoms with Gasteiger partial charge in [-0.15, -0.1) is 13.2 Å². The summed E-state index contributed by atoms with van der Waals surface area (Å²) in [6.45, 7) is 26.2. The highest BCUT2D eigenvalue weighted by Gasteiger charge is 2.26. The second kappa shape index (κ2) is 24.4. The van der Waals surface area contributed by atoms with Crippen molar-refractivity contribution >= 4 is 23.4 Å². The number of hydrogen-bond donors (Lipinski definition) is 0. The van der Waals surface area contributed by atoms with Gasteiger partial charge in [0.1, 0.15) is 11.6 Å². The number of hydrogen-bond acceptors (Lipinski definition) is 4. The molecule has 2 aromatic carbocycles. The van der Waals surface area contributed by atoms with Gasteiger partial charge in [-0.1, -0.05) is 113 Å². The Balaban J connectivity index is 0.000000799. The molecule has 0 unspecified atom stereocenters. The molecule has 2 amide bonds. The van der Waals surface area contributed by atoms with Crippen LogP contribution in [0.1, 0.15) is 138 Å². The fraction of sp³-hybridized carbons (Fsp3) is 0.556. The Morgan fingerprint density at radius 3 is 1.25 bits per heavy atom. The minimum atomic E-state index is -0.152. The third-order valence-electron chi connectivity index (χ3n) is 8.55. The molecule has 4 rings (SSSR count). The lowest BCUT2D eigenvalue weighted by Gasteiger charge is -2.25. The zero-order valence-electron chi connectivity index (χ0n) is 32.6. The van der Waals surface area contributed by atoms with E-state index in [0.717, 1.165) is 38.8 Å². The average molecular weight is 703 g/mol. The second-order valence-corrected chi connectivity index (χ2v) is 15.5. The summed E-state index contributed by atoms with van der Waals surface area (Å²) in [6, 6.07) is 20.3. The third kappa shape index (κ3) is 20.6. The predicted octanol–water partition coefficient (Wildman–Crippen LogP) is 10.5. The first-order valence-electron chi connectivity index (χ1n) is 18.4. The van der Waals surface area contributed by atoms with E-state index in [1.807, 2.05) is 73.9 Å². The molecule has 0 spiro atoms. The van der Waals surface area contributed by atoms with E-state index >= 15 is 0 Å². The van der Waals surface area contributed by atoms with Crippen LogP contribution in [0, 0.1) is 0 Å². The van der Waals surface area contributed by atoms with Crippen molar-refractivity contribution < 1.29 is 19.2 Å². The van der Waals surface area contributed by atoms with Crippen LogP contribution in [0.25, 0.3) is 0 Å². The maximum absolute atomic E-state index is 12.3. The molecule has 2 fully saturated rings. The molecular formula is C45H70N2O4. The van der Waals surface area contributed by atoms with Gasteiger partial charge in [-0.3, -0.25) is 19.2 Å². The molecule has 0 N–H and O–H groups in total. The summed E-state index contributed by atoms with van der Waals surface area (Å²) in [4.78, 5) is 51.6. The van der Waals surface area contributed by atoms with Gasteiger partial charge in [0.15, 0.2) is 0 Å². The van der Waals surface area contributed by atoms with Crippen molar-refractivity contribution in [2.24, 2.45) is 0 Å². The first kappa shape index (κ1) is 47.2. The van der Waals surface area contributed by atoms with Gasteiger partial charge in [0.25, 0.3) is 0 Å². The lowest BCUT2D eigenvalue weighted by atomic mass is 9.80. The Bertz CT molecular complexity index is 1340. The van der Waals surface area contributed by atoms with Crippen molar-refractivity contribution in [3.63, 3.8) is 0 Å². The van der Waals surface area contributed by atoms with E-state index in [-0.39, 0.29) is 41.6 Å². The van der Waals surface area contributed by atoms with E-state index in [1.165, 1.54) is 22.3 Å². The van der Waals surface area contributed by atoms with Gasteiger partial charge in [-0.25, -0.2) is 0 Å². The number of amides is 2. The Kier molecular flexibility index (Phi) is 22.6. The number of carbonyl (C=O) groups excluding carboxylic acids is 4. The van der Waals surface area contributed by atoms with E-state index in [1.54, 1.807) is 0 Å². The molecule has 6 nitrogen and oxygen atoms in total. The van der Waals surface area contributed by atoms with Gasteiger partial charge < -0.3 is 9.80 Å². The Hall–Kier alpha value is -3.80. The molecule has 0 aliphatic carbocycles. The van der Waals surface area contributed by atoms with Crippen LogP contribution in [0.4, 0.5) is 0 Å². The molecule has 2 aliphatic heterocycles. The highest BCUT2D eigenvalue weighted by molar-refractivity contribution is 5.82. The van der Waals surface area contributed by atoms with Crippen LogP contribution < -0.4 is 0 Å². The molecule has 0 atom stereocenters. The fourth-order valence-corrected chi connectivity index (χ4v) is 5.88. The number of Topliss-reactive ketones (excluding diaryl/α,β-unsaturated/α-hetero) is 2. The summed E-state index contributed by atoms with van der Waals surface area (Å²) in [5.74, 6) is 0.886. The van der Waals surface area contributed by atoms with Crippen LogP contribution in [0.2, 0.25) is 0 Å². The van der Waals surface area contributed by atoms with Crippen LogP contribution in [-0.4, -0.2) is 59.4 Å². The van der Waals surface area contributed by atoms with Crippen LogP contribution in [0.15, 0.2) is 85.0 Å². The average Bonchev–Trinajstić information content (AvgIpc) is 3.34. The van der Waals surface area contributed by atoms with Gasteiger partial charge >= 0.3 is 0 Å². The van der Waals surface area contributed by atoms with E-state index in [9.17, 15) is 19.2 Å². The Morgan fingerprint density at radius 2 is 0.922 bits per heavy atom. The van der Waals surface area contributed by atoms with E-state index in [4.69, 9.17) is 0 Å².